The van der Waals surface area contributed by atoms with Crippen molar-refractivity contribution in [1.82, 2.24) is 10.1 Å². The molecule has 2 aromatic rings. The molecule has 0 amide bonds. The van der Waals surface area contributed by atoms with E-state index >= 15 is 0 Å². The molecule has 1 saturated carbocycles. The van der Waals surface area contributed by atoms with Gasteiger partial charge in [0.2, 0.25) is 5.89 Å². The summed E-state index contributed by atoms with van der Waals surface area (Å²) in [6.45, 7) is 2.11. The predicted octanol–water partition coefficient (Wildman–Crippen LogP) is 3.03. The van der Waals surface area contributed by atoms with Crippen LogP contribution in [0.1, 0.15) is 48.5 Å². The van der Waals surface area contributed by atoms with E-state index in [1.54, 1.807) is 0 Å². The Labute approximate surface area is 125 Å². The lowest BCUT2D eigenvalue weighted by atomic mass is 9.83. The van der Waals surface area contributed by atoms with Crippen molar-refractivity contribution in [2.24, 2.45) is 11.7 Å². The summed E-state index contributed by atoms with van der Waals surface area (Å²) in [5.74, 6) is 2.00. The van der Waals surface area contributed by atoms with E-state index in [1.807, 2.05) is 12.1 Å². The smallest absolute Gasteiger partial charge is 0.226 e. The Morgan fingerprint density at radius 3 is 2.86 bits per heavy atom. The fourth-order valence-electron chi connectivity index (χ4n) is 3.14. The lowest BCUT2D eigenvalue weighted by Crippen LogP contribution is -2.34. The van der Waals surface area contributed by atoms with E-state index in [-0.39, 0.29) is 6.04 Å². The van der Waals surface area contributed by atoms with Gasteiger partial charge in [-0.1, -0.05) is 42.3 Å². The standard InChI is InChI=1S/C17H23N3O/c1-12-6-2-3-7-13(12)10-16-19-17(21-20-16)11-14-8-4-5-9-15(14)18/h2-3,6-7,14-15H,4-5,8-11,18H2,1H3. The molecule has 0 radical (unpaired) electrons. The Morgan fingerprint density at radius 1 is 1.24 bits per heavy atom. The molecule has 2 N–H and O–H groups in total. The first-order chi connectivity index (χ1) is 10.2. The Bertz CT molecular complexity index is 593. The van der Waals surface area contributed by atoms with Crippen LogP contribution >= 0.6 is 0 Å². The van der Waals surface area contributed by atoms with Gasteiger partial charge in [-0.15, -0.1) is 0 Å². The quantitative estimate of drug-likeness (QED) is 0.937. The number of rotatable bonds is 4. The third-order valence-corrected chi connectivity index (χ3v) is 4.52. The lowest BCUT2D eigenvalue weighted by molar-refractivity contribution is 0.273. The van der Waals surface area contributed by atoms with Gasteiger partial charge in [0.1, 0.15) is 0 Å². The average molecular weight is 285 g/mol. The maximum Gasteiger partial charge on any atom is 0.226 e. The molecule has 3 rings (SSSR count). The van der Waals surface area contributed by atoms with Gasteiger partial charge in [-0.25, -0.2) is 0 Å². The summed E-state index contributed by atoms with van der Waals surface area (Å²) in [5, 5.41) is 4.12. The highest BCUT2D eigenvalue weighted by atomic mass is 16.5. The van der Waals surface area contributed by atoms with E-state index in [0.717, 1.165) is 31.0 Å². The van der Waals surface area contributed by atoms with Crippen molar-refractivity contribution >= 4 is 0 Å². The Hall–Kier alpha value is -1.68. The molecule has 112 valence electrons. The van der Waals surface area contributed by atoms with Gasteiger partial charge >= 0.3 is 0 Å². The third-order valence-electron chi connectivity index (χ3n) is 4.52. The van der Waals surface area contributed by atoms with Gasteiger partial charge < -0.3 is 10.3 Å². The highest BCUT2D eigenvalue weighted by Gasteiger charge is 2.24. The minimum absolute atomic E-state index is 0.283. The number of hydrogen-bond donors (Lipinski definition) is 1. The molecule has 1 aromatic carbocycles. The van der Waals surface area contributed by atoms with E-state index in [0.29, 0.717) is 5.92 Å². The first kappa shape index (κ1) is 14.3. The summed E-state index contributed by atoms with van der Waals surface area (Å²) in [4.78, 5) is 4.54. The SMILES string of the molecule is Cc1ccccc1Cc1noc(CC2CCCCC2N)n1. The van der Waals surface area contributed by atoms with Crippen LogP contribution in [-0.4, -0.2) is 16.2 Å². The molecule has 1 heterocycles. The Kier molecular flexibility index (Phi) is 4.34. The van der Waals surface area contributed by atoms with E-state index in [2.05, 4.69) is 29.2 Å². The lowest BCUT2D eigenvalue weighted by Gasteiger charge is -2.27. The molecule has 21 heavy (non-hydrogen) atoms. The van der Waals surface area contributed by atoms with Crippen molar-refractivity contribution in [2.45, 2.75) is 51.5 Å². The van der Waals surface area contributed by atoms with Crippen LogP contribution < -0.4 is 5.73 Å². The maximum absolute atomic E-state index is 6.19. The molecule has 0 aliphatic heterocycles. The zero-order valence-electron chi connectivity index (χ0n) is 12.6. The van der Waals surface area contributed by atoms with E-state index in [1.165, 1.54) is 30.4 Å². The first-order valence-corrected chi connectivity index (χ1v) is 7.84. The number of benzene rings is 1. The number of aryl methyl sites for hydroxylation is 1. The number of nitrogens with two attached hydrogens (primary N) is 1. The average Bonchev–Trinajstić information content (AvgIpc) is 2.91. The molecule has 2 atom stereocenters. The Balaban J connectivity index is 1.65. The molecular weight excluding hydrogens is 262 g/mol. The third kappa shape index (κ3) is 3.50. The fourth-order valence-corrected chi connectivity index (χ4v) is 3.14. The zero-order valence-corrected chi connectivity index (χ0v) is 12.6. The molecule has 0 bridgehead atoms. The number of aromatic nitrogens is 2. The molecule has 1 aromatic heterocycles. The number of nitrogens with zero attached hydrogens (tertiary/aromatic N) is 2. The summed E-state index contributed by atoms with van der Waals surface area (Å²) in [6.07, 6.45) is 6.36. The Morgan fingerprint density at radius 2 is 2.05 bits per heavy atom. The van der Waals surface area contributed by atoms with Crippen LogP contribution in [0.4, 0.5) is 0 Å². The highest BCUT2D eigenvalue weighted by Crippen LogP contribution is 2.25. The van der Waals surface area contributed by atoms with Gasteiger partial charge in [0, 0.05) is 18.9 Å². The molecule has 4 nitrogen and oxygen atoms in total. The molecule has 0 saturated heterocycles. The van der Waals surface area contributed by atoms with E-state index in [9.17, 15) is 0 Å². The zero-order chi connectivity index (χ0) is 14.7. The minimum atomic E-state index is 0.283. The molecule has 0 spiro atoms. The van der Waals surface area contributed by atoms with Crippen LogP contribution in [0.15, 0.2) is 28.8 Å². The van der Waals surface area contributed by atoms with Crippen LogP contribution in [0.5, 0.6) is 0 Å². The van der Waals surface area contributed by atoms with E-state index in [4.69, 9.17) is 10.3 Å². The van der Waals surface area contributed by atoms with Crippen molar-refractivity contribution in [3.63, 3.8) is 0 Å². The molecule has 1 fully saturated rings. The summed E-state index contributed by atoms with van der Waals surface area (Å²) in [6, 6.07) is 8.60. The summed E-state index contributed by atoms with van der Waals surface area (Å²) in [7, 11) is 0. The summed E-state index contributed by atoms with van der Waals surface area (Å²) >= 11 is 0. The van der Waals surface area contributed by atoms with Crippen molar-refractivity contribution in [2.75, 3.05) is 0 Å². The van der Waals surface area contributed by atoms with Crippen molar-refractivity contribution < 1.29 is 4.52 Å². The molecule has 1 aliphatic carbocycles. The van der Waals surface area contributed by atoms with Crippen LogP contribution in [-0.2, 0) is 12.8 Å². The van der Waals surface area contributed by atoms with Gasteiger partial charge in [0.15, 0.2) is 5.82 Å². The summed E-state index contributed by atoms with van der Waals surface area (Å²) < 4.78 is 5.41. The summed E-state index contributed by atoms with van der Waals surface area (Å²) in [5.41, 5.74) is 8.70. The predicted molar refractivity (Wildman–Crippen MR) is 81.9 cm³/mol. The van der Waals surface area contributed by atoms with Crippen LogP contribution in [0, 0.1) is 12.8 Å². The second kappa shape index (κ2) is 6.39. The van der Waals surface area contributed by atoms with Crippen molar-refractivity contribution in [1.29, 1.82) is 0 Å². The van der Waals surface area contributed by atoms with Crippen LogP contribution in [0.3, 0.4) is 0 Å². The molecule has 4 heteroatoms. The monoisotopic (exact) mass is 285 g/mol. The fraction of sp³-hybridized carbons (Fsp3) is 0.529. The topological polar surface area (TPSA) is 64.9 Å². The largest absolute Gasteiger partial charge is 0.339 e. The van der Waals surface area contributed by atoms with Gasteiger partial charge in [-0.3, -0.25) is 0 Å². The van der Waals surface area contributed by atoms with Crippen molar-refractivity contribution in [3.05, 3.63) is 47.1 Å². The molecular formula is C17H23N3O. The van der Waals surface area contributed by atoms with Crippen molar-refractivity contribution in [3.8, 4) is 0 Å². The second-order valence-electron chi connectivity index (χ2n) is 6.12. The number of hydrogen-bond acceptors (Lipinski definition) is 4. The van der Waals surface area contributed by atoms with Crippen LogP contribution in [0.25, 0.3) is 0 Å². The van der Waals surface area contributed by atoms with Gasteiger partial charge in [-0.2, -0.15) is 4.98 Å². The second-order valence-corrected chi connectivity index (χ2v) is 6.12. The van der Waals surface area contributed by atoms with Gasteiger partial charge in [0.25, 0.3) is 0 Å². The normalized spacial score (nSPS) is 22.4. The van der Waals surface area contributed by atoms with Gasteiger partial charge in [0.05, 0.1) is 0 Å². The van der Waals surface area contributed by atoms with Gasteiger partial charge in [-0.05, 0) is 36.8 Å². The minimum Gasteiger partial charge on any atom is -0.339 e. The van der Waals surface area contributed by atoms with Crippen LogP contribution in [0.2, 0.25) is 0 Å². The first-order valence-electron chi connectivity index (χ1n) is 7.84. The molecule has 1 aliphatic rings. The molecule has 2 unspecified atom stereocenters. The van der Waals surface area contributed by atoms with E-state index < -0.39 is 0 Å². The maximum atomic E-state index is 6.19. The highest BCUT2D eigenvalue weighted by molar-refractivity contribution is 5.27.